The van der Waals surface area contributed by atoms with Gasteiger partial charge >= 0.3 is 5.97 Å². The molecule has 0 bridgehead atoms. The van der Waals surface area contributed by atoms with Gasteiger partial charge in [0.2, 0.25) is 10.0 Å². The highest BCUT2D eigenvalue weighted by Crippen LogP contribution is 2.29. The Balaban J connectivity index is 1.93. The van der Waals surface area contributed by atoms with Gasteiger partial charge in [0, 0.05) is 12.1 Å². The molecule has 1 N–H and O–H groups in total. The van der Waals surface area contributed by atoms with Crippen molar-refractivity contribution in [2.45, 2.75) is 30.2 Å². The van der Waals surface area contributed by atoms with Crippen LogP contribution >= 0.6 is 0 Å². The molecule has 2 aromatic carbocycles. The Hall–Kier alpha value is -3.08. The number of carboxylic acids is 1. The number of nitrogens with zero attached hydrogens (tertiary/aromatic N) is 2. The van der Waals surface area contributed by atoms with Crippen molar-refractivity contribution in [2.24, 2.45) is 0 Å². The van der Waals surface area contributed by atoms with Gasteiger partial charge in [-0.3, -0.25) is 14.9 Å². The Morgan fingerprint density at radius 1 is 1.17 bits per heavy atom. The molecule has 0 saturated heterocycles. The van der Waals surface area contributed by atoms with Crippen LogP contribution in [0.1, 0.15) is 12.0 Å². The van der Waals surface area contributed by atoms with Crippen LogP contribution < -0.4 is 0 Å². The van der Waals surface area contributed by atoms with Crippen LogP contribution in [-0.2, 0) is 26.2 Å². The molecule has 3 rings (SSSR count). The summed E-state index contributed by atoms with van der Waals surface area (Å²) in [7, 11) is -4.30. The van der Waals surface area contributed by atoms with E-state index < -0.39 is 33.2 Å². The Morgan fingerprint density at radius 3 is 2.41 bits per heavy atom. The summed E-state index contributed by atoms with van der Waals surface area (Å²) in [5, 5.41) is 20.4. The first-order chi connectivity index (χ1) is 13.8. The van der Waals surface area contributed by atoms with Gasteiger partial charge < -0.3 is 9.84 Å². The quantitative estimate of drug-likeness (QED) is 0.416. The first kappa shape index (κ1) is 20.6. The van der Waals surface area contributed by atoms with Crippen LogP contribution in [0.15, 0.2) is 71.6 Å². The monoisotopic (exact) mass is 418 g/mol. The number of sulfonamides is 1. The molecule has 2 aromatic rings. The van der Waals surface area contributed by atoms with Gasteiger partial charge in [0.1, 0.15) is 12.3 Å². The smallest absolute Gasteiger partial charge is 0.322 e. The third-order valence-electron chi connectivity index (χ3n) is 4.39. The molecular formula is C19H18N2O7S. The number of carboxylic acid groups (broad SMARTS) is 1. The van der Waals surface area contributed by atoms with E-state index in [-0.39, 0.29) is 23.6 Å². The molecule has 29 heavy (non-hydrogen) atoms. The van der Waals surface area contributed by atoms with E-state index in [1.165, 1.54) is 6.08 Å². The maximum absolute atomic E-state index is 13.2. The van der Waals surface area contributed by atoms with Crippen molar-refractivity contribution in [2.75, 3.05) is 0 Å². The third kappa shape index (κ3) is 4.50. The predicted octanol–water partition coefficient (Wildman–Crippen LogP) is 2.54. The fourth-order valence-electron chi connectivity index (χ4n) is 2.95. The Bertz CT molecular complexity index is 1020. The van der Waals surface area contributed by atoms with Crippen molar-refractivity contribution in [1.29, 1.82) is 0 Å². The van der Waals surface area contributed by atoms with Gasteiger partial charge in [-0.25, -0.2) is 8.42 Å². The molecule has 2 unspecified atom stereocenters. The molecule has 1 aliphatic rings. The lowest BCUT2D eigenvalue weighted by Crippen LogP contribution is -2.52. The van der Waals surface area contributed by atoms with E-state index in [1.54, 1.807) is 30.3 Å². The molecule has 0 amide bonds. The Morgan fingerprint density at radius 2 is 1.83 bits per heavy atom. The minimum atomic E-state index is -4.30. The summed E-state index contributed by atoms with van der Waals surface area (Å²) in [5.74, 6) is -1.31. The second kappa shape index (κ2) is 8.52. The Kier molecular flexibility index (Phi) is 6.06. The van der Waals surface area contributed by atoms with Crippen LogP contribution in [0.5, 0.6) is 0 Å². The lowest BCUT2D eigenvalue weighted by Gasteiger charge is -2.35. The lowest BCUT2D eigenvalue weighted by molar-refractivity contribution is -0.384. The average Bonchev–Trinajstić information content (AvgIpc) is 2.72. The predicted molar refractivity (Wildman–Crippen MR) is 102 cm³/mol. The second-order valence-electron chi connectivity index (χ2n) is 6.29. The number of hydrogen-bond donors (Lipinski definition) is 1. The van der Waals surface area contributed by atoms with E-state index in [2.05, 4.69) is 0 Å². The first-order valence-electron chi connectivity index (χ1n) is 8.63. The second-order valence-corrected chi connectivity index (χ2v) is 8.13. The number of carbonyl (C=O) groups is 1. The number of non-ortho nitro benzene ring substituents is 1. The van der Waals surface area contributed by atoms with Gasteiger partial charge in [0.25, 0.3) is 5.69 Å². The normalized spacial score (nSPS) is 19.7. The largest absolute Gasteiger partial charge is 0.480 e. The molecule has 2 atom stereocenters. The molecule has 1 heterocycles. The summed E-state index contributed by atoms with van der Waals surface area (Å²) >= 11 is 0. The number of nitro groups is 1. The minimum Gasteiger partial charge on any atom is -0.480 e. The molecule has 0 aromatic heterocycles. The van der Waals surface area contributed by atoms with Crippen molar-refractivity contribution in [3.63, 3.8) is 0 Å². The molecule has 9 nitrogen and oxygen atoms in total. The van der Waals surface area contributed by atoms with Gasteiger partial charge in [-0.15, -0.1) is 0 Å². The standard InChI is InChI=1S/C19H18N2O7S/c22-19(23)17-7-4-8-18(28-13-14-5-2-1-3-6-14)20(17)29(26,27)16-11-9-15(10-12-16)21(24)25/h1-6,8-12,17-18H,7,13H2,(H,22,23). The zero-order valence-corrected chi connectivity index (χ0v) is 15.9. The van der Waals surface area contributed by atoms with Crippen LogP contribution in [0.3, 0.4) is 0 Å². The molecular weight excluding hydrogens is 400 g/mol. The summed E-state index contributed by atoms with van der Waals surface area (Å²) in [5.41, 5.74) is 0.528. The van der Waals surface area contributed by atoms with Crippen LogP contribution in [0.4, 0.5) is 5.69 Å². The Labute approximate surface area is 167 Å². The highest BCUT2D eigenvalue weighted by molar-refractivity contribution is 7.89. The highest BCUT2D eigenvalue weighted by Gasteiger charge is 2.42. The molecule has 152 valence electrons. The number of aliphatic carboxylic acids is 1. The fourth-order valence-corrected chi connectivity index (χ4v) is 4.59. The molecule has 1 aliphatic heterocycles. The highest BCUT2D eigenvalue weighted by atomic mass is 32.2. The van der Waals surface area contributed by atoms with Crippen molar-refractivity contribution >= 4 is 21.7 Å². The van der Waals surface area contributed by atoms with Crippen molar-refractivity contribution < 1.29 is 28.0 Å². The van der Waals surface area contributed by atoms with Crippen LogP contribution in [-0.4, -0.2) is 41.0 Å². The first-order valence-corrected chi connectivity index (χ1v) is 10.1. The number of benzene rings is 2. The van der Waals surface area contributed by atoms with Crippen molar-refractivity contribution in [1.82, 2.24) is 4.31 Å². The number of hydrogen-bond acceptors (Lipinski definition) is 6. The third-order valence-corrected chi connectivity index (χ3v) is 6.27. The van der Waals surface area contributed by atoms with Gasteiger partial charge in [-0.2, -0.15) is 4.31 Å². The van der Waals surface area contributed by atoms with Crippen LogP contribution in [0.25, 0.3) is 0 Å². The van der Waals surface area contributed by atoms with E-state index in [4.69, 9.17) is 4.74 Å². The minimum absolute atomic E-state index is 0.0211. The molecule has 0 radical (unpaired) electrons. The summed E-state index contributed by atoms with van der Waals surface area (Å²) in [6.45, 7) is 0.0778. The van der Waals surface area contributed by atoms with Gasteiger partial charge in [-0.05, 0) is 30.2 Å². The van der Waals surface area contributed by atoms with Crippen molar-refractivity contribution in [3.8, 4) is 0 Å². The van der Waals surface area contributed by atoms with E-state index in [0.717, 1.165) is 34.1 Å². The van der Waals surface area contributed by atoms with E-state index in [0.29, 0.717) is 0 Å². The van der Waals surface area contributed by atoms with Crippen molar-refractivity contribution in [3.05, 3.63) is 82.4 Å². The SMILES string of the molecule is O=C(O)C1CC=CC(OCc2ccccc2)N1S(=O)(=O)c1ccc([N+](=O)[O-])cc1. The summed E-state index contributed by atoms with van der Waals surface area (Å²) < 4.78 is 32.9. The maximum Gasteiger partial charge on any atom is 0.322 e. The van der Waals surface area contributed by atoms with E-state index in [1.807, 2.05) is 6.07 Å². The number of ether oxygens (including phenoxy) is 1. The van der Waals surface area contributed by atoms with E-state index >= 15 is 0 Å². The maximum atomic E-state index is 13.2. The zero-order chi connectivity index (χ0) is 21.0. The fraction of sp³-hybridized carbons (Fsp3) is 0.211. The zero-order valence-electron chi connectivity index (χ0n) is 15.1. The molecule has 0 spiro atoms. The van der Waals surface area contributed by atoms with Gasteiger partial charge in [0.05, 0.1) is 16.4 Å². The molecule has 0 aliphatic carbocycles. The lowest BCUT2D eigenvalue weighted by atomic mass is 10.1. The molecule has 0 fully saturated rings. The summed E-state index contributed by atoms with van der Waals surface area (Å²) in [6, 6.07) is 12.0. The summed E-state index contributed by atoms with van der Waals surface area (Å²) in [4.78, 5) is 21.6. The topological polar surface area (TPSA) is 127 Å². The van der Waals surface area contributed by atoms with Gasteiger partial charge in [-0.1, -0.05) is 36.4 Å². The van der Waals surface area contributed by atoms with Crippen LogP contribution in [0.2, 0.25) is 0 Å². The number of rotatable bonds is 7. The average molecular weight is 418 g/mol. The number of nitro benzene ring substituents is 1. The van der Waals surface area contributed by atoms with Gasteiger partial charge in [0.15, 0.2) is 0 Å². The summed E-state index contributed by atoms with van der Waals surface area (Å²) in [6.07, 6.45) is 1.90. The molecule has 0 saturated carbocycles. The van der Waals surface area contributed by atoms with Crippen LogP contribution in [0, 0.1) is 10.1 Å². The molecule has 10 heteroatoms. The van der Waals surface area contributed by atoms with E-state index in [9.17, 15) is 28.4 Å².